The molecule has 0 aliphatic carbocycles. The molecule has 0 aromatic carbocycles. The molecule has 0 heterocycles. The van der Waals surface area contributed by atoms with Crippen molar-refractivity contribution in [1.29, 1.82) is 0 Å². The highest BCUT2D eigenvalue weighted by Gasteiger charge is 2.25. The van der Waals surface area contributed by atoms with Gasteiger partial charge in [-0.1, -0.05) is 0 Å². The fraction of sp³-hybridized carbons (Fsp3) is 0.600. The molecule has 0 bridgehead atoms. The summed E-state index contributed by atoms with van der Waals surface area (Å²) in [5.41, 5.74) is 0. The highest BCUT2D eigenvalue weighted by molar-refractivity contribution is 7.87. The molecule has 0 aromatic heterocycles. The smallest absolute Gasteiger partial charge is 0.322 e. The van der Waals surface area contributed by atoms with E-state index >= 15 is 0 Å². The Morgan fingerprint density at radius 3 is 2.23 bits per heavy atom. The molecule has 0 aromatic rings. The van der Waals surface area contributed by atoms with E-state index in [0.717, 1.165) is 6.92 Å². The van der Waals surface area contributed by atoms with Gasteiger partial charge in [-0.05, 0) is 6.92 Å². The first-order valence-electron chi connectivity index (χ1n) is 3.21. The number of carbonyl (C=O) groups is 2. The predicted octanol–water partition coefficient (Wildman–Crippen LogP) is -1.54. The molecule has 8 heteroatoms. The predicted molar refractivity (Wildman–Crippen MR) is 41.7 cm³/mol. The van der Waals surface area contributed by atoms with Gasteiger partial charge >= 0.3 is 5.97 Å². The first-order chi connectivity index (χ1) is 5.75. The number of amides is 1. The largest absolute Gasteiger partial charge is 0.480 e. The van der Waals surface area contributed by atoms with Crippen LogP contribution in [0, 0.1) is 0 Å². The minimum absolute atomic E-state index is 0.682. The molecule has 13 heavy (non-hydrogen) atoms. The Hall–Kier alpha value is -1.15. The van der Waals surface area contributed by atoms with Gasteiger partial charge in [0.05, 0.1) is 0 Å². The standard InChI is InChI=1S/C5H9NO6S/c1-3(13(10,11)12)5(9)6-2-4(7)8/h3H,2H2,1H3,(H,6,9)(H,7,8)(H,10,11,12). The number of carboxylic acids is 1. The van der Waals surface area contributed by atoms with Crippen molar-refractivity contribution in [1.82, 2.24) is 5.32 Å². The second-order valence-electron chi connectivity index (χ2n) is 2.27. The molecule has 0 radical (unpaired) electrons. The molecule has 0 rings (SSSR count). The van der Waals surface area contributed by atoms with Crippen LogP contribution < -0.4 is 5.32 Å². The number of carbonyl (C=O) groups excluding carboxylic acids is 1. The SMILES string of the molecule is CC(C(=O)NCC(=O)O)S(=O)(=O)O. The fourth-order valence-electron chi connectivity index (χ4n) is 0.442. The molecule has 1 atom stereocenters. The van der Waals surface area contributed by atoms with Gasteiger partial charge in [-0.25, -0.2) is 0 Å². The Labute approximate surface area is 74.5 Å². The molecule has 76 valence electrons. The van der Waals surface area contributed by atoms with Gasteiger partial charge in [-0.3, -0.25) is 14.1 Å². The zero-order valence-electron chi connectivity index (χ0n) is 6.72. The zero-order chi connectivity index (χ0) is 10.6. The van der Waals surface area contributed by atoms with Gasteiger partial charge in [0.15, 0.2) is 5.25 Å². The number of rotatable bonds is 4. The number of hydrogen-bond acceptors (Lipinski definition) is 4. The molecule has 7 nitrogen and oxygen atoms in total. The number of nitrogens with one attached hydrogen (secondary N) is 1. The van der Waals surface area contributed by atoms with E-state index < -0.39 is 33.8 Å². The Morgan fingerprint density at radius 1 is 1.46 bits per heavy atom. The van der Waals surface area contributed by atoms with Crippen LogP contribution in [0.25, 0.3) is 0 Å². The van der Waals surface area contributed by atoms with Gasteiger partial charge in [-0.15, -0.1) is 0 Å². The van der Waals surface area contributed by atoms with E-state index in [0.29, 0.717) is 0 Å². The van der Waals surface area contributed by atoms with Gasteiger partial charge in [0, 0.05) is 0 Å². The van der Waals surface area contributed by atoms with Crippen LogP contribution in [0.2, 0.25) is 0 Å². The van der Waals surface area contributed by atoms with Crippen molar-refractivity contribution in [2.75, 3.05) is 6.54 Å². The molecular weight excluding hydrogens is 202 g/mol. The number of aliphatic carboxylic acids is 1. The Bertz CT molecular complexity index is 307. The van der Waals surface area contributed by atoms with Crippen LogP contribution >= 0.6 is 0 Å². The molecule has 0 spiro atoms. The van der Waals surface area contributed by atoms with Gasteiger partial charge in [0.25, 0.3) is 10.1 Å². The van der Waals surface area contributed by atoms with Crippen molar-refractivity contribution in [2.24, 2.45) is 0 Å². The van der Waals surface area contributed by atoms with Crippen LogP contribution in [0.1, 0.15) is 6.92 Å². The molecule has 0 aliphatic rings. The maximum atomic E-state index is 10.8. The van der Waals surface area contributed by atoms with E-state index in [1.165, 1.54) is 0 Å². The summed E-state index contributed by atoms with van der Waals surface area (Å²) in [6.45, 7) is 0.269. The van der Waals surface area contributed by atoms with E-state index in [1.807, 2.05) is 5.32 Å². The summed E-state index contributed by atoms with van der Waals surface area (Å²) < 4.78 is 29.1. The second kappa shape index (κ2) is 4.19. The van der Waals surface area contributed by atoms with Crippen LogP contribution in [0.5, 0.6) is 0 Å². The molecular formula is C5H9NO6S. The lowest BCUT2D eigenvalue weighted by Gasteiger charge is -2.06. The van der Waals surface area contributed by atoms with E-state index in [2.05, 4.69) is 0 Å². The lowest BCUT2D eigenvalue weighted by molar-refractivity contribution is -0.137. The summed E-state index contributed by atoms with van der Waals surface area (Å²) in [4.78, 5) is 20.7. The fourth-order valence-corrected chi connectivity index (χ4v) is 0.796. The molecule has 0 aliphatic heterocycles. The first-order valence-corrected chi connectivity index (χ1v) is 4.71. The average molecular weight is 211 g/mol. The van der Waals surface area contributed by atoms with E-state index in [1.54, 1.807) is 0 Å². The highest BCUT2D eigenvalue weighted by atomic mass is 32.2. The maximum Gasteiger partial charge on any atom is 0.322 e. The summed E-state index contributed by atoms with van der Waals surface area (Å²) in [6.07, 6.45) is 0. The van der Waals surface area contributed by atoms with Crippen LogP contribution in [-0.2, 0) is 19.7 Å². The van der Waals surface area contributed by atoms with Crippen molar-refractivity contribution >= 4 is 22.0 Å². The van der Waals surface area contributed by atoms with Gasteiger partial charge in [0.1, 0.15) is 6.54 Å². The highest BCUT2D eigenvalue weighted by Crippen LogP contribution is 1.96. The van der Waals surface area contributed by atoms with Crippen molar-refractivity contribution < 1.29 is 27.7 Å². The molecule has 0 saturated carbocycles. The third kappa shape index (κ3) is 4.43. The Balaban J connectivity index is 4.22. The van der Waals surface area contributed by atoms with Crippen molar-refractivity contribution in [3.8, 4) is 0 Å². The topological polar surface area (TPSA) is 121 Å². The number of hydrogen-bond donors (Lipinski definition) is 3. The van der Waals surface area contributed by atoms with E-state index in [-0.39, 0.29) is 0 Å². The third-order valence-electron chi connectivity index (χ3n) is 1.23. The molecule has 0 fully saturated rings. The average Bonchev–Trinajstić information content (AvgIpc) is 1.96. The summed E-state index contributed by atoms with van der Waals surface area (Å²) in [6, 6.07) is 0. The van der Waals surface area contributed by atoms with Gasteiger partial charge in [-0.2, -0.15) is 8.42 Å². The lowest BCUT2D eigenvalue weighted by Crippen LogP contribution is -2.39. The zero-order valence-corrected chi connectivity index (χ0v) is 7.54. The summed E-state index contributed by atoms with van der Waals surface area (Å²) in [5.74, 6) is -2.35. The van der Waals surface area contributed by atoms with Crippen LogP contribution in [-0.4, -0.2) is 41.7 Å². The van der Waals surface area contributed by atoms with Crippen molar-refractivity contribution in [3.63, 3.8) is 0 Å². The van der Waals surface area contributed by atoms with Crippen LogP contribution in [0.4, 0.5) is 0 Å². The van der Waals surface area contributed by atoms with Gasteiger partial charge < -0.3 is 10.4 Å². The first kappa shape index (κ1) is 11.8. The van der Waals surface area contributed by atoms with Crippen molar-refractivity contribution in [3.05, 3.63) is 0 Å². The normalized spacial score (nSPS) is 13.4. The third-order valence-corrected chi connectivity index (χ3v) is 2.34. The Morgan fingerprint density at radius 2 is 1.92 bits per heavy atom. The van der Waals surface area contributed by atoms with E-state index in [4.69, 9.17) is 9.66 Å². The minimum atomic E-state index is -4.45. The Kier molecular flexibility index (Phi) is 3.82. The molecule has 0 saturated heterocycles. The van der Waals surface area contributed by atoms with Crippen LogP contribution in [0.3, 0.4) is 0 Å². The summed E-state index contributed by atoms with van der Waals surface area (Å²) >= 11 is 0. The van der Waals surface area contributed by atoms with E-state index in [9.17, 15) is 18.0 Å². The summed E-state index contributed by atoms with van der Waals surface area (Å²) in [5, 5.41) is 8.27. The number of carboxylic acid groups (broad SMARTS) is 1. The molecule has 3 N–H and O–H groups in total. The lowest BCUT2D eigenvalue weighted by atomic mass is 10.4. The maximum absolute atomic E-state index is 10.8. The quantitative estimate of drug-likeness (QED) is 0.485. The molecule has 1 unspecified atom stereocenters. The van der Waals surface area contributed by atoms with Crippen LogP contribution in [0.15, 0.2) is 0 Å². The monoisotopic (exact) mass is 211 g/mol. The minimum Gasteiger partial charge on any atom is -0.480 e. The summed E-state index contributed by atoms with van der Waals surface area (Å²) in [7, 11) is -4.45. The van der Waals surface area contributed by atoms with Gasteiger partial charge in [0.2, 0.25) is 5.91 Å². The van der Waals surface area contributed by atoms with Crippen molar-refractivity contribution in [2.45, 2.75) is 12.2 Å². The second-order valence-corrected chi connectivity index (χ2v) is 4.01. The molecule has 1 amide bonds.